The van der Waals surface area contributed by atoms with Crippen LogP contribution in [0.4, 0.5) is 0 Å². The van der Waals surface area contributed by atoms with Crippen LogP contribution in [0.3, 0.4) is 0 Å². The maximum absolute atomic E-state index is 11.6. The van der Waals surface area contributed by atoms with Gasteiger partial charge in [0.25, 0.3) is 0 Å². The molecule has 1 amide bonds. The summed E-state index contributed by atoms with van der Waals surface area (Å²) in [5.74, 6) is -1.19. The van der Waals surface area contributed by atoms with Crippen LogP contribution in [-0.4, -0.2) is 40.8 Å². The third-order valence-corrected chi connectivity index (χ3v) is 3.00. The predicted molar refractivity (Wildman–Crippen MR) is 67.9 cm³/mol. The van der Waals surface area contributed by atoms with E-state index in [-0.39, 0.29) is 12.3 Å². The van der Waals surface area contributed by atoms with E-state index in [1.807, 2.05) is 6.92 Å². The van der Waals surface area contributed by atoms with E-state index in [0.717, 1.165) is 12.8 Å². The summed E-state index contributed by atoms with van der Waals surface area (Å²) < 4.78 is 0. The molecule has 6 heteroatoms. The van der Waals surface area contributed by atoms with Gasteiger partial charge in [0.1, 0.15) is 0 Å². The molecule has 0 spiro atoms. The molecule has 0 fully saturated rings. The van der Waals surface area contributed by atoms with E-state index in [9.17, 15) is 14.7 Å². The Morgan fingerprint density at radius 3 is 2.33 bits per heavy atom. The molecule has 18 heavy (non-hydrogen) atoms. The molecule has 0 radical (unpaired) electrons. The first kappa shape index (κ1) is 16.9. The molecular formula is C12H24N2O4. The number of aliphatic hydroxyl groups is 1. The quantitative estimate of drug-likeness (QED) is 0.469. The van der Waals surface area contributed by atoms with Crippen LogP contribution in [-0.2, 0) is 9.59 Å². The van der Waals surface area contributed by atoms with E-state index >= 15 is 0 Å². The second kappa shape index (κ2) is 8.88. The molecule has 0 bridgehead atoms. The summed E-state index contributed by atoms with van der Waals surface area (Å²) in [6.07, 6.45) is 1.64. The van der Waals surface area contributed by atoms with Gasteiger partial charge in [-0.15, -0.1) is 0 Å². The smallest absolute Gasteiger partial charge is 0.328 e. The number of aliphatic hydroxyl groups excluding tert-OH is 1. The van der Waals surface area contributed by atoms with Gasteiger partial charge in [0, 0.05) is 6.42 Å². The molecule has 0 aromatic heterocycles. The van der Waals surface area contributed by atoms with Crippen LogP contribution in [0.1, 0.15) is 39.5 Å². The number of aliphatic carboxylic acids is 1. The standard InChI is InChI=1S/C12H24N2O4/c1-3-9(6-7-13)4-5-10(16)14-11(8(2)15)12(17)18/h8-9,11,15H,3-7,13H2,1-2H3,(H,14,16)(H,17,18)/t8-,9?,11+/m1/s1. The largest absolute Gasteiger partial charge is 0.480 e. The molecule has 0 aliphatic rings. The number of rotatable bonds is 9. The summed E-state index contributed by atoms with van der Waals surface area (Å²) >= 11 is 0. The van der Waals surface area contributed by atoms with Gasteiger partial charge in [0.05, 0.1) is 6.10 Å². The lowest BCUT2D eigenvalue weighted by Gasteiger charge is -2.18. The minimum atomic E-state index is -1.24. The fourth-order valence-corrected chi connectivity index (χ4v) is 1.76. The van der Waals surface area contributed by atoms with E-state index in [2.05, 4.69) is 5.32 Å². The van der Waals surface area contributed by atoms with Crippen molar-refractivity contribution in [3.63, 3.8) is 0 Å². The third-order valence-electron chi connectivity index (χ3n) is 3.00. The molecule has 0 aromatic rings. The monoisotopic (exact) mass is 260 g/mol. The van der Waals surface area contributed by atoms with Gasteiger partial charge in [0.2, 0.25) is 5.91 Å². The molecule has 0 heterocycles. The van der Waals surface area contributed by atoms with E-state index in [0.29, 0.717) is 18.9 Å². The fourth-order valence-electron chi connectivity index (χ4n) is 1.76. The van der Waals surface area contributed by atoms with Gasteiger partial charge in [0.15, 0.2) is 6.04 Å². The van der Waals surface area contributed by atoms with Crippen molar-refractivity contribution in [2.24, 2.45) is 11.7 Å². The number of carboxylic acids is 1. The Bertz CT molecular complexity index is 269. The van der Waals surface area contributed by atoms with Gasteiger partial charge < -0.3 is 21.3 Å². The Kier molecular flexibility index (Phi) is 8.32. The lowest BCUT2D eigenvalue weighted by molar-refractivity contribution is -0.144. The van der Waals surface area contributed by atoms with E-state index in [1.165, 1.54) is 6.92 Å². The Morgan fingerprint density at radius 2 is 1.94 bits per heavy atom. The van der Waals surface area contributed by atoms with Crippen molar-refractivity contribution < 1.29 is 19.8 Å². The van der Waals surface area contributed by atoms with E-state index in [4.69, 9.17) is 10.8 Å². The number of carbonyl (C=O) groups is 2. The van der Waals surface area contributed by atoms with Crippen molar-refractivity contribution in [3.05, 3.63) is 0 Å². The molecule has 0 aliphatic carbocycles. The molecule has 1 unspecified atom stereocenters. The zero-order chi connectivity index (χ0) is 14.1. The highest BCUT2D eigenvalue weighted by Crippen LogP contribution is 2.14. The van der Waals surface area contributed by atoms with Crippen LogP contribution in [0.2, 0.25) is 0 Å². The topological polar surface area (TPSA) is 113 Å². The van der Waals surface area contributed by atoms with Crippen LogP contribution in [0.25, 0.3) is 0 Å². The van der Waals surface area contributed by atoms with Gasteiger partial charge in [-0.1, -0.05) is 13.3 Å². The number of carbonyl (C=O) groups excluding carboxylic acids is 1. The van der Waals surface area contributed by atoms with Crippen molar-refractivity contribution in [1.29, 1.82) is 0 Å². The van der Waals surface area contributed by atoms with E-state index < -0.39 is 18.1 Å². The molecule has 6 nitrogen and oxygen atoms in total. The van der Waals surface area contributed by atoms with Gasteiger partial charge in [-0.2, -0.15) is 0 Å². The molecule has 0 saturated carbocycles. The van der Waals surface area contributed by atoms with Crippen LogP contribution < -0.4 is 11.1 Å². The Labute approximate surface area is 108 Å². The highest BCUT2D eigenvalue weighted by Gasteiger charge is 2.24. The van der Waals surface area contributed by atoms with E-state index in [1.54, 1.807) is 0 Å². The second-order valence-electron chi connectivity index (χ2n) is 4.51. The number of nitrogens with two attached hydrogens (primary N) is 1. The van der Waals surface area contributed by atoms with Crippen LogP contribution in [0.15, 0.2) is 0 Å². The number of carboxylic acid groups (broad SMARTS) is 1. The average Bonchev–Trinajstić information content (AvgIpc) is 2.30. The maximum atomic E-state index is 11.6. The molecule has 106 valence electrons. The summed E-state index contributed by atoms with van der Waals surface area (Å²) in [6, 6.07) is -1.24. The summed E-state index contributed by atoms with van der Waals surface area (Å²) in [6.45, 7) is 3.96. The first-order valence-corrected chi connectivity index (χ1v) is 6.32. The SMILES string of the molecule is CCC(CCN)CCC(=O)N[C@H](C(=O)O)[C@@H](C)O. The lowest BCUT2D eigenvalue weighted by atomic mass is 9.96. The Morgan fingerprint density at radius 1 is 1.33 bits per heavy atom. The van der Waals surface area contributed by atoms with Gasteiger partial charge in [-0.3, -0.25) is 4.79 Å². The highest BCUT2D eigenvalue weighted by atomic mass is 16.4. The summed E-state index contributed by atoms with van der Waals surface area (Å²) in [7, 11) is 0. The van der Waals surface area contributed by atoms with Crippen molar-refractivity contribution >= 4 is 11.9 Å². The van der Waals surface area contributed by atoms with Crippen LogP contribution >= 0.6 is 0 Å². The van der Waals surface area contributed by atoms with Crippen LogP contribution in [0.5, 0.6) is 0 Å². The Hall–Kier alpha value is -1.14. The molecule has 5 N–H and O–H groups in total. The first-order valence-electron chi connectivity index (χ1n) is 6.32. The maximum Gasteiger partial charge on any atom is 0.328 e. The normalized spacial score (nSPS) is 15.8. The molecule has 0 aliphatic heterocycles. The lowest BCUT2D eigenvalue weighted by Crippen LogP contribution is -2.47. The predicted octanol–water partition coefficient (Wildman–Crippen LogP) is 0.0918. The average molecular weight is 260 g/mol. The number of hydrogen-bond acceptors (Lipinski definition) is 4. The van der Waals surface area contributed by atoms with Crippen molar-refractivity contribution in [2.45, 2.75) is 51.7 Å². The second-order valence-corrected chi connectivity index (χ2v) is 4.51. The molecule has 3 atom stereocenters. The molecular weight excluding hydrogens is 236 g/mol. The number of amides is 1. The van der Waals surface area contributed by atoms with Gasteiger partial charge >= 0.3 is 5.97 Å². The fraction of sp³-hybridized carbons (Fsp3) is 0.833. The van der Waals surface area contributed by atoms with Crippen molar-refractivity contribution in [1.82, 2.24) is 5.32 Å². The molecule has 0 aromatic carbocycles. The summed E-state index contributed by atoms with van der Waals surface area (Å²) in [4.78, 5) is 22.4. The number of nitrogens with one attached hydrogen (secondary N) is 1. The minimum Gasteiger partial charge on any atom is -0.480 e. The zero-order valence-electron chi connectivity index (χ0n) is 11.1. The van der Waals surface area contributed by atoms with Crippen molar-refractivity contribution in [3.8, 4) is 0 Å². The molecule has 0 saturated heterocycles. The zero-order valence-corrected chi connectivity index (χ0v) is 11.1. The van der Waals surface area contributed by atoms with Crippen LogP contribution in [0, 0.1) is 5.92 Å². The van der Waals surface area contributed by atoms with Gasteiger partial charge in [-0.05, 0) is 32.2 Å². The third kappa shape index (κ3) is 6.56. The number of hydrogen-bond donors (Lipinski definition) is 4. The summed E-state index contributed by atoms with van der Waals surface area (Å²) in [5, 5.41) is 20.4. The van der Waals surface area contributed by atoms with Crippen molar-refractivity contribution in [2.75, 3.05) is 6.54 Å². The summed E-state index contributed by atoms with van der Waals surface area (Å²) in [5.41, 5.74) is 5.46. The van der Waals surface area contributed by atoms with Gasteiger partial charge in [-0.25, -0.2) is 4.79 Å². The minimum absolute atomic E-state index is 0.259. The Balaban J connectivity index is 4.13. The highest BCUT2D eigenvalue weighted by molar-refractivity contribution is 5.83. The first-order chi connectivity index (χ1) is 8.42. The molecule has 0 rings (SSSR count).